The van der Waals surface area contributed by atoms with Gasteiger partial charge in [-0.25, -0.2) is 9.97 Å². The summed E-state index contributed by atoms with van der Waals surface area (Å²) in [4.78, 5) is 8.08. The van der Waals surface area contributed by atoms with Crippen LogP contribution in [0.4, 0.5) is 5.82 Å². The highest BCUT2D eigenvalue weighted by Crippen LogP contribution is 2.35. The molecule has 1 unspecified atom stereocenters. The van der Waals surface area contributed by atoms with E-state index in [9.17, 15) is 10.2 Å². The van der Waals surface area contributed by atoms with Gasteiger partial charge in [0.25, 0.3) is 0 Å². The Morgan fingerprint density at radius 2 is 2.10 bits per heavy atom. The molecule has 3 heterocycles. The highest BCUT2D eigenvalue weighted by Gasteiger charge is 2.43. The lowest BCUT2D eigenvalue weighted by atomic mass is 10.1. The van der Waals surface area contributed by atoms with Crippen LogP contribution in [0.1, 0.15) is 6.23 Å². The van der Waals surface area contributed by atoms with E-state index in [0.29, 0.717) is 21.3 Å². The molecule has 9 heteroatoms. The van der Waals surface area contributed by atoms with E-state index in [1.54, 1.807) is 10.8 Å². The number of aliphatic hydroxyl groups excluding tert-OH is 2. The molecule has 1 fully saturated rings. The number of ether oxygens (including phenoxy) is 1. The van der Waals surface area contributed by atoms with Crippen LogP contribution >= 0.6 is 15.9 Å². The number of aromatic nitrogens is 3. The summed E-state index contributed by atoms with van der Waals surface area (Å²) in [6, 6.07) is 0. The van der Waals surface area contributed by atoms with Crippen LogP contribution in [-0.4, -0.2) is 49.6 Å². The second-order valence-electron chi connectivity index (χ2n) is 4.62. The molecule has 0 aliphatic carbocycles. The van der Waals surface area contributed by atoms with Crippen molar-refractivity contribution in [1.82, 2.24) is 14.5 Å². The van der Waals surface area contributed by atoms with Crippen LogP contribution < -0.4 is 11.5 Å². The zero-order valence-corrected chi connectivity index (χ0v) is 11.9. The fourth-order valence-electron chi connectivity index (χ4n) is 2.41. The van der Waals surface area contributed by atoms with Crippen molar-refractivity contribution < 1.29 is 14.9 Å². The third-order valence-electron chi connectivity index (χ3n) is 3.44. The lowest BCUT2D eigenvalue weighted by Crippen LogP contribution is -2.35. The molecule has 20 heavy (non-hydrogen) atoms. The summed E-state index contributed by atoms with van der Waals surface area (Å²) in [5.74, 6) is 0.323. The van der Waals surface area contributed by atoms with Gasteiger partial charge in [0.2, 0.25) is 0 Å². The van der Waals surface area contributed by atoms with Gasteiger partial charge >= 0.3 is 0 Å². The summed E-state index contributed by atoms with van der Waals surface area (Å²) < 4.78 is 7.90. The lowest BCUT2D eigenvalue weighted by Gasteiger charge is -2.17. The van der Waals surface area contributed by atoms with Crippen LogP contribution in [0.15, 0.2) is 17.0 Å². The van der Waals surface area contributed by atoms with E-state index >= 15 is 0 Å². The van der Waals surface area contributed by atoms with Crippen molar-refractivity contribution in [1.29, 1.82) is 0 Å². The standard InChI is InChI=1S/C11H14BrN5O3/c12-4-2-17(10-6(4)9(14)15-3-16-10)11-8(19)7(18)5(1-13)20-11/h2-3,5,7-8,11,18-19H,1,13H2,(H2,14,15,16)/t5-,7-,8-,11?/m1/s1. The summed E-state index contributed by atoms with van der Waals surface area (Å²) in [6.07, 6.45) is -0.511. The third-order valence-corrected chi connectivity index (χ3v) is 4.04. The first-order valence-electron chi connectivity index (χ1n) is 6.02. The van der Waals surface area contributed by atoms with Crippen molar-refractivity contribution in [3.05, 3.63) is 17.0 Å². The van der Waals surface area contributed by atoms with E-state index in [1.807, 2.05) is 0 Å². The zero-order valence-electron chi connectivity index (χ0n) is 10.3. The number of hydrogen-bond acceptors (Lipinski definition) is 7. The molecule has 2 aromatic rings. The Hall–Kier alpha value is -1.26. The minimum Gasteiger partial charge on any atom is -0.387 e. The number of halogens is 1. The van der Waals surface area contributed by atoms with E-state index in [0.717, 1.165) is 0 Å². The number of anilines is 1. The van der Waals surface area contributed by atoms with Gasteiger partial charge in [-0.1, -0.05) is 0 Å². The van der Waals surface area contributed by atoms with Gasteiger partial charge in [-0.2, -0.15) is 0 Å². The van der Waals surface area contributed by atoms with E-state index < -0.39 is 24.5 Å². The van der Waals surface area contributed by atoms with Crippen molar-refractivity contribution in [3.63, 3.8) is 0 Å². The molecule has 108 valence electrons. The number of nitrogen functional groups attached to an aromatic ring is 1. The number of nitrogens with zero attached hydrogens (tertiary/aromatic N) is 3. The van der Waals surface area contributed by atoms with Gasteiger partial charge in [-0.05, 0) is 15.9 Å². The Labute approximate surface area is 122 Å². The molecule has 2 aromatic heterocycles. The lowest BCUT2D eigenvalue weighted by molar-refractivity contribution is -0.0319. The number of nitrogens with two attached hydrogens (primary N) is 2. The number of fused-ring (bicyclic) bond motifs is 1. The molecule has 0 saturated carbocycles. The van der Waals surface area contributed by atoms with Gasteiger partial charge in [0.1, 0.15) is 36.1 Å². The van der Waals surface area contributed by atoms with Crippen molar-refractivity contribution in [3.8, 4) is 0 Å². The monoisotopic (exact) mass is 343 g/mol. The number of aliphatic hydroxyl groups is 2. The molecule has 4 atom stereocenters. The molecule has 0 amide bonds. The summed E-state index contributed by atoms with van der Waals surface area (Å²) in [6.45, 7) is 0.117. The minimum atomic E-state index is -1.10. The molecule has 6 N–H and O–H groups in total. The van der Waals surface area contributed by atoms with Crippen LogP contribution in [0.2, 0.25) is 0 Å². The van der Waals surface area contributed by atoms with Gasteiger partial charge in [0.15, 0.2) is 6.23 Å². The largest absolute Gasteiger partial charge is 0.387 e. The van der Waals surface area contributed by atoms with Gasteiger partial charge in [0.05, 0.1) is 5.39 Å². The van der Waals surface area contributed by atoms with Gasteiger partial charge < -0.3 is 31.0 Å². The molecular weight excluding hydrogens is 330 g/mol. The summed E-state index contributed by atoms with van der Waals surface area (Å²) in [5.41, 5.74) is 11.8. The fourth-order valence-corrected chi connectivity index (χ4v) is 3.01. The smallest absolute Gasteiger partial charge is 0.164 e. The predicted molar refractivity (Wildman–Crippen MR) is 74.6 cm³/mol. The van der Waals surface area contributed by atoms with Crippen molar-refractivity contribution in [2.45, 2.75) is 24.5 Å². The molecule has 3 rings (SSSR count). The third kappa shape index (κ3) is 1.90. The molecule has 1 saturated heterocycles. The second-order valence-corrected chi connectivity index (χ2v) is 5.48. The second kappa shape index (κ2) is 4.93. The number of hydrogen-bond donors (Lipinski definition) is 4. The van der Waals surface area contributed by atoms with Crippen LogP contribution in [0, 0.1) is 0 Å². The Bertz CT molecular complexity index is 648. The first kappa shape index (κ1) is 13.7. The van der Waals surface area contributed by atoms with Crippen molar-refractivity contribution >= 4 is 32.8 Å². The molecular formula is C11H14BrN5O3. The predicted octanol–water partition coefficient (Wildman–Crippen LogP) is -0.646. The van der Waals surface area contributed by atoms with E-state index in [2.05, 4.69) is 25.9 Å². The van der Waals surface area contributed by atoms with Crippen LogP contribution in [0.3, 0.4) is 0 Å². The molecule has 0 aromatic carbocycles. The summed E-state index contributed by atoms with van der Waals surface area (Å²) in [7, 11) is 0. The topological polar surface area (TPSA) is 132 Å². The fraction of sp³-hybridized carbons (Fsp3) is 0.455. The van der Waals surface area contributed by atoms with E-state index in [-0.39, 0.29) is 6.54 Å². The maximum absolute atomic E-state index is 10.1. The van der Waals surface area contributed by atoms with Gasteiger partial charge in [-0.15, -0.1) is 0 Å². The first-order valence-corrected chi connectivity index (χ1v) is 6.82. The van der Waals surface area contributed by atoms with Crippen LogP contribution in [0.5, 0.6) is 0 Å². The summed E-state index contributed by atoms with van der Waals surface area (Å²) in [5, 5.41) is 20.6. The first-order chi connectivity index (χ1) is 9.54. The van der Waals surface area contributed by atoms with Crippen LogP contribution in [-0.2, 0) is 4.74 Å². The van der Waals surface area contributed by atoms with E-state index in [1.165, 1.54) is 6.33 Å². The van der Waals surface area contributed by atoms with E-state index in [4.69, 9.17) is 16.2 Å². The van der Waals surface area contributed by atoms with Crippen molar-refractivity contribution in [2.24, 2.45) is 5.73 Å². The Balaban J connectivity index is 2.10. The molecule has 0 spiro atoms. The SMILES string of the molecule is NC[C@H]1OC(n2cc(Br)c3c(N)ncnc32)[C@H](O)[C@@H]1O. The highest BCUT2D eigenvalue weighted by atomic mass is 79.9. The highest BCUT2D eigenvalue weighted by molar-refractivity contribution is 9.10. The van der Waals surface area contributed by atoms with Crippen LogP contribution in [0.25, 0.3) is 11.0 Å². The quantitative estimate of drug-likeness (QED) is 0.569. The zero-order chi connectivity index (χ0) is 14.4. The molecule has 8 nitrogen and oxygen atoms in total. The average Bonchev–Trinajstić information content (AvgIpc) is 2.90. The van der Waals surface area contributed by atoms with Crippen molar-refractivity contribution in [2.75, 3.05) is 12.3 Å². The Kier molecular flexibility index (Phi) is 3.38. The summed E-state index contributed by atoms with van der Waals surface area (Å²) >= 11 is 3.38. The molecule has 1 aliphatic heterocycles. The Morgan fingerprint density at radius 3 is 2.75 bits per heavy atom. The Morgan fingerprint density at radius 1 is 1.35 bits per heavy atom. The average molecular weight is 344 g/mol. The van der Waals surface area contributed by atoms with Gasteiger partial charge in [-0.3, -0.25) is 0 Å². The normalized spacial score (nSPS) is 30.2. The maximum atomic E-state index is 10.1. The molecule has 0 radical (unpaired) electrons. The number of rotatable bonds is 2. The van der Waals surface area contributed by atoms with Gasteiger partial charge in [0, 0.05) is 17.2 Å². The minimum absolute atomic E-state index is 0.117. The molecule has 0 bridgehead atoms. The molecule has 1 aliphatic rings. The maximum Gasteiger partial charge on any atom is 0.164 e.